The number of carbonyl (C=O) groups is 1. The summed E-state index contributed by atoms with van der Waals surface area (Å²) in [5, 5.41) is 13.2. The fourth-order valence-corrected chi connectivity index (χ4v) is 1.60. The third-order valence-electron chi connectivity index (χ3n) is 2.77. The van der Waals surface area contributed by atoms with E-state index in [0.29, 0.717) is 12.2 Å². The molecule has 7 heteroatoms. The van der Waals surface area contributed by atoms with Crippen LogP contribution in [0, 0.1) is 10.1 Å². The number of nitro benzene ring substituents is 1. The molecule has 2 N–H and O–H groups in total. The fraction of sp³-hybridized carbons (Fsp3) is 0.417. The van der Waals surface area contributed by atoms with E-state index in [1.807, 2.05) is 13.8 Å². The molecule has 0 unspecified atom stereocenters. The van der Waals surface area contributed by atoms with Gasteiger partial charge < -0.3 is 22.6 Å². The maximum atomic E-state index is 11.7. The number of nitrogens with zero attached hydrogens (tertiary/aromatic N) is 1. The van der Waals surface area contributed by atoms with Gasteiger partial charge in [0.15, 0.2) is 6.54 Å². The number of rotatable bonds is 6. The quantitative estimate of drug-likeness (QED) is 0.447. The smallest absolute Gasteiger partial charge is 0.279 e. The molecule has 1 rings (SSSR count). The molecule has 1 aromatic rings. The first-order valence-electron chi connectivity index (χ1n) is 5.94. The number of anilines is 1. The minimum atomic E-state index is -0.467. The molecule has 0 spiro atoms. The first-order chi connectivity index (χ1) is 8.56. The fourth-order valence-electron chi connectivity index (χ4n) is 1.60. The zero-order chi connectivity index (χ0) is 13.5. The van der Waals surface area contributed by atoms with Gasteiger partial charge in [0.2, 0.25) is 0 Å². The van der Waals surface area contributed by atoms with Crippen molar-refractivity contribution in [3.05, 3.63) is 34.4 Å². The van der Waals surface area contributed by atoms with E-state index in [9.17, 15) is 14.9 Å². The lowest BCUT2D eigenvalue weighted by Crippen LogP contribution is -3.12. The maximum Gasteiger partial charge on any atom is 0.279 e. The lowest BCUT2D eigenvalue weighted by atomic mass is 10.3. The Bertz CT molecular complexity index is 419. The summed E-state index contributed by atoms with van der Waals surface area (Å²) >= 11 is 0. The van der Waals surface area contributed by atoms with Gasteiger partial charge in [-0.3, -0.25) is 14.9 Å². The van der Waals surface area contributed by atoms with Gasteiger partial charge in [0.1, 0.15) is 0 Å². The SMILES string of the molecule is CC[NH+](CC)CC(=O)Nc1ccc([N+](=O)[O-])cc1.[Cl-]. The van der Waals surface area contributed by atoms with Gasteiger partial charge in [0, 0.05) is 17.8 Å². The van der Waals surface area contributed by atoms with Crippen LogP contribution in [0.25, 0.3) is 0 Å². The van der Waals surface area contributed by atoms with Gasteiger partial charge in [-0.15, -0.1) is 0 Å². The van der Waals surface area contributed by atoms with Gasteiger partial charge in [0.05, 0.1) is 18.0 Å². The topological polar surface area (TPSA) is 76.7 Å². The highest BCUT2D eigenvalue weighted by Gasteiger charge is 2.11. The van der Waals surface area contributed by atoms with Gasteiger partial charge in [-0.05, 0) is 26.0 Å². The predicted molar refractivity (Wildman–Crippen MR) is 68.6 cm³/mol. The standard InChI is InChI=1S/C12H17N3O3.ClH/c1-3-14(4-2)9-12(16)13-10-5-7-11(8-6-10)15(17)18;/h5-8H,3-4,9H2,1-2H3,(H,13,16);1H. The van der Waals surface area contributed by atoms with Gasteiger partial charge in [-0.2, -0.15) is 0 Å². The number of halogens is 1. The zero-order valence-electron chi connectivity index (χ0n) is 11.0. The molecule has 19 heavy (non-hydrogen) atoms. The second-order valence-electron chi connectivity index (χ2n) is 3.99. The van der Waals surface area contributed by atoms with Gasteiger partial charge in [-0.1, -0.05) is 0 Å². The van der Waals surface area contributed by atoms with Gasteiger partial charge >= 0.3 is 0 Å². The minimum Gasteiger partial charge on any atom is -1.00 e. The van der Waals surface area contributed by atoms with Crippen molar-refractivity contribution in [2.45, 2.75) is 13.8 Å². The van der Waals surface area contributed by atoms with E-state index in [4.69, 9.17) is 0 Å². The second-order valence-corrected chi connectivity index (χ2v) is 3.99. The molecule has 0 aliphatic carbocycles. The molecule has 0 saturated carbocycles. The summed E-state index contributed by atoms with van der Waals surface area (Å²) in [5.74, 6) is -0.0810. The Kier molecular flexibility index (Phi) is 7.71. The van der Waals surface area contributed by atoms with Crippen molar-refractivity contribution in [1.29, 1.82) is 0 Å². The molecule has 1 aromatic carbocycles. The molecule has 0 saturated heterocycles. The average Bonchev–Trinajstić information content (AvgIpc) is 2.36. The Morgan fingerprint density at radius 1 is 1.26 bits per heavy atom. The van der Waals surface area contributed by atoms with E-state index < -0.39 is 4.92 Å². The Labute approximate surface area is 118 Å². The Morgan fingerprint density at radius 3 is 2.21 bits per heavy atom. The highest BCUT2D eigenvalue weighted by atomic mass is 35.5. The van der Waals surface area contributed by atoms with Crippen LogP contribution in [0.5, 0.6) is 0 Å². The Morgan fingerprint density at radius 2 is 1.79 bits per heavy atom. The highest BCUT2D eigenvalue weighted by Crippen LogP contribution is 2.14. The van der Waals surface area contributed by atoms with Crippen molar-refractivity contribution in [3.8, 4) is 0 Å². The number of benzene rings is 1. The Hall–Kier alpha value is -1.66. The van der Waals surface area contributed by atoms with E-state index in [1.54, 1.807) is 0 Å². The van der Waals surface area contributed by atoms with Crippen LogP contribution in [0.4, 0.5) is 11.4 Å². The van der Waals surface area contributed by atoms with E-state index in [1.165, 1.54) is 29.2 Å². The van der Waals surface area contributed by atoms with Crippen molar-refractivity contribution in [2.24, 2.45) is 0 Å². The summed E-state index contributed by atoms with van der Waals surface area (Å²) in [4.78, 5) is 22.9. The number of quaternary nitrogens is 1. The summed E-state index contributed by atoms with van der Waals surface area (Å²) in [7, 11) is 0. The molecule has 0 bridgehead atoms. The number of likely N-dealkylation sites (N-methyl/N-ethyl adjacent to an activating group) is 1. The predicted octanol–water partition coefficient (Wildman–Crippen LogP) is -2.54. The maximum absolute atomic E-state index is 11.7. The number of nitro groups is 1. The lowest BCUT2D eigenvalue weighted by molar-refractivity contribution is -0.888. The van der Waals surface area contributed by atoms with E-state index in [-0.39, 0.29) is 24.0 Å². The number of hydrogen-bond acceptors (Lipinski definition) is 3. The molecule has 106 valence electrons. The van der Waals surface area contributed by atoms with Crippen LogP contribution in [-0.2, 0) is 4.79 Å². The zero-order valence-corrected chi connectivity index (χ0v) is 11.7. The molecule has 0 aromatic heterocycles. The van der Waals surface area contributed by atoms with Crippen LogP contribution in [-0.4, -0.2) is 30.5 Å². The van der Waals surface area contributed by atoms with Crippen molar-refractivity contribution in [2.75, 3.05) is 25.0 Å². The largest absolute Gasteiger partial charge is 1.00 e. The van der Waals surface area contributed by atoms with Crippen LogP contribution in [0.2, 0.25) is 0 Å². The second kappa shape index (κ2) is 8.44. The van der Waals surface area contributed by atoms with E-state index >= 15 is 0 Å². The summed E-state index contributed by atoms with van der Waals surface area (Å²) in [5.41, 5.74) is 0.597. The molecule has 0 fully saturated rings. The van der Waals surface area contributed by atoms with Crippen molar-refractivity contribution in [3.63, 3.8) is 0 Å². The van der Waals surface area contributed by atoms with Gasteiger partial charge in [0.25, 0.3) is 11.6 Å². The number of nitrogens with one attached hydrogen (secondary N) is 2. The third-order valence-corrected chi connectivity index (χ3v) is 2.77. The third kappa shape index (κ3) is 5.67. The number of carbonyl (C=O) groups excluding carboxylic acids is 1. The number of hydrogen-bond donors (Lipinski definition) is 2. The normalized spacial score (nSPS) is 9.84. The van der Waals surface area contributed by atoms with Crippen LogP contribution in [0.15, 0.2) is 24.3 Å². The summed E-state index contributed by atoms with van der Waals surface area (Å²) in [6, 6.07) is 5.82. The number of amides is 1. The molecule has 0 atom stereocenters. The molecule has 0 aliphatic heterocycles. The summed E-state index contributed by atoms with van der Waals surface area (Å²) in [6.07, 6.45) is 0. The molecular formula is C12H18ClN3O3. The monoisotopic (exact) mass is 287 g/mol. The van der Waals surface area contributed by atoms with Crippen molar-refractivity contribution >= 4 is 17.3 Å². The molecule has 1 amide bonds. The van der Waals surface area contributed by atoms with Gasteiger partial charge in [-0.25, -0.2) is 0 Å². The average molecular weight is 288 g/mol. The molecule has 0 radical (unpaired) electrons. The van der Waals surface area contributed by atoms with Crippen molar-refractivity contribution in [1.82, 2.24) is 0 Å². The highest BCUT2D eigenvalue weighted by molar-refractivity contribution is 5.91. The summed E-state index contributed by atoms with van der Waals surface area (Å²) in [6.45, 7) is 6.24. The number of non-ortho nitro benzene ring substituents is 1. The molecule has 6 nitrogen and oxygen atoms in total. The lowest BCUT2D eigenvalue weighted by Gasteiger charge is -2.14. The van der Waals surface area contributed by atoms with Crippen LogP contribution in [0.1, 0.15) is 13.8 Å². The van der Waals surface area contributed by atoms with E-state index in [0.717, 1.165) is 13.1 Å². The Balaban J connectivity index is 0.00000324. The molecule has 0 heterocycles. The first kappa shape index (κ1) is 17.3. The first-order valence-corrected chi connectivity index (χ1v) is 5.94. The molecule has 0 aliphatic rings. The van der Waals surface area contributed by atoms with Crippen LogP contribution < -0.4 is 22.6 Å². The molecular weight excluding hydrogens is 270 g/mol. The minimum absolute atomic E-state index is 0. The van der Waals surface area contributed by atoms with Crippen LogP contribution >= 0.6 is 0 Å². The summed E-state index contributed by atoms with van der Waals surface area (Å²) < 4.78 is 0. The van der Waals surface area contributed by atoms with Crippen LogP contribution in [0.3, 0.4) is 0 Å². The van der Waals surface area contributed by atoms with Crippen molar-refractivity contribution < 1.29 is 27.0 Å². The van der Waals surface area contributed by atoms with E-state index in [2.05, 4.69) is 5.32 Å².